The van der Waals surface area contributed by atoms with Crippen LogP contribution in [0.3, 0.4) is 0 Å². The van der Waals surface area contributed by atoms with Crippen molar-refractivity contribution in [3.05, 3.63) is 0 Å². The van der Waals surface area contributed by atoms with Gasteiger partial charge in [0.05, 0.1) is 6.04 Å². The van der Waals surface area contributed by atoms with Crippen molar-refractivity contribution < 1.29 is 4.79 Å². The van der Waals surface area contributed by atoms with E-state index in [2.05, 4.69) is 36.3 Å². The molecule has 1 heterocycles. The van der Waals surface area contributed by atoms with E-state index in [0.29, 0.717) is 5.92 Å². The largest absolute Gasteiger partial charge is 0.353 e. The molecule has 0 aromatic carbocycles. The molecule has 128 valence electrons. The normalized spacial score (nSPS) is 16.8. The highest BCUT2D eigenvalue weighted by molar-refractivity contribution is 5.85. The van der Waals surface area contributed by atoms with Crippen molar-refractivity contribution in [2.75, 3.05) is 32.7 Å². The Kier molecular flexibility index (Phi) is 15.1. The first-order valence-corrected chi connectivity index (χ1v) is 7.89. The Labute approximate surface area is 142 Å². The van der Waals surface area contributed by atoms with Gasteiger partial charge in [-0.25, -0.2) is 0 Å². The second-order valence-electron chi connectivity index (χ2n) is 5.83. The Hall–Kier alpha value is -0.0300. The quantitative estimate of drug-likeness (QED) is 0.666. The average Bonchev–Trinajstić information content (AvgIpc) is 2.39. The van der Waals surface area contributed by atoms with Gasteiger partial charge in [0.25, 0.3) is 0 Å². The van der Waals surface area contributed by atoms with Gasteiger partial charge in [0.1, 0.15) is 0 Å². The summed E-state index contributed by atoms with van der Waals surface area (Å²) in [5, 5.41) is 6.39. The molecule has 4 nitrogen and oxygen atoms in total. The zero-order valence-corrected chi connectivity index (χ0v) is 15.3. The molecule has 1 fully saturated rings. The molecule has 0 aromatic rings. The number of halogens is 2. The first-order chi connectivity index (χ1) is 9.16. The minimum atomic E-state index is 0. The minimum absolute atomic E-state index is 0. The van der Waals surface area contributed by atoms with Crippen LogP contribution in [0.1, 0.15) is 46.5 Å². The molecular formula is C15H33Cl2N3O. The van der Waals surface area contributed by atoms with E-state index in [1.165, 1.54) is 19.3 Å². The summed E-state index contributed by atoms with van der Waals surface area (Å²) >= 11 is 0. The van der Waals surface area contributed by atoms with E-state index in [-0.39, 0.29) is 36.8 Å². The van der Waals surface area contributed by atoms with Gasteiger partial charge in [-0.2, -0.15) is 0 Å². The van der Waals surface area contributed by atoms with Crippen LogP contribution in [0.5, 0.6) is 0 Å². The molecule has 0 spiro atoms. The lowest BCUT2D eigenvalue weighted by molar-refractivity contribution is -0.128. The molecule has 1 saturated heterocycles. The van der Waals surface area contributed by atoms with Crippen LogP contribution in [0.2, 0.25) is 0 Å². The molecule has 0 radical (unpaired) electrons. The fourth-order valence-electron chi connectivity index (χ4n) is 2.77. The number of piperidine rings is 1. The van der Waals surface area contributed by atoms with Gasteiger partial charge in [-0.05, 0) is 44.8 Å². The molecule has 0 saturated carbocycles. The highest BCUT2D eigenvalue weighted by Crippen LogP contribution is 2.17. The fourth-order valence-corrected chi connectivity index (χ4v) is 2.77. The summed E-state index contributed by atoms with van der Waals surface area (Å²) in [6.07, 6.45) is 4.91. The number of hydrogen-bond donors (Lipinski definition) is 2. The Morgan fingerprint density at radius 3 is 2.19 bits per heavy atom. The highest BCUT2D eigenvalue weighted by atomic mass is 35.5. The Bertz CT molecular complexity index is 259. The average molecular weight is 342 g/mol. The lowest BCUT2D eigenvalue weighted by atomic mass is 9.98. The number of nitrogens with zero attached hydrogens (tertiary/aromatic N) is 1. The predicted octanol–water partition coefficient (Wildman–Crippen LogP) is 2.46. The van der Waals surface area contributed by atoms with Crippen LogP contribution >= 0.6 is 24.8 Å². The van der Waals surface area contributed by atoms with Crippen LogP contribution in [0.15, 0.2) is 0 Å². The molecule has 1 aliphatic rings. The third-order valence-electron chi connectivity index (χ3n) is 3.71. The van der Waals surface area contributed by atoms with Crippen molar-refractivity contribution in [3.63, 3.8) is 0 Å². The summed E-state index contributed by atoms with van der Waals surface area (Å²) in [5.41, 5.74) is 0. The maximum Gasteiger partial charge on any atom is 0.237 e. The molecule has 0 aromatic heterocycles. The van der Waals surface area contributed by atoms with E-state index in [9.17, 15) is 4.79 Å². The molecule has 1 unspecified atom stereocenters. The zero-order chi connectivity index (χ0) is 14.1. The zero-order valence-electron chi connectivity index (χ0n) is 13.7. The Morgan fingerprint density at radius 1 is 1.05 bits per heavy atom. The molecular weight excluding hydrogens is 309 g/mol. The van der Waals surface area contributed by atoms with Crippen LogP contribution in [0, 0.1) is 5.92 Å². The monoisotopic (exact) mass is 341 g/mol. The molecule has 0 bridgehead atoms. The lowest BCUT2D eigenvalue weighted by Crippen LogP contribution is -2.52. The summed E-state index contributed by atoms with van der Waals surface area (Å²) in [6.45, 7) is 11.2. The topological polar surface area (TPSA) is 44.4 Å². The number of amides is 1. The number of carbonyl (C=O) groups excluding carboxylic acids is 1. The third-order valence-corrected chi connectivity index (χ3v) is 3.71. The number of nitrogens with one attached hydrogen (secondary N) is 2. The first-order valence-electron chi connectivity index (χ1n) is 7.89. The van der Waals surface area contributed by atoms with E-state index in [4.69, 9.17) is 0 Å². The maximum atomic E-state index is 12.3. The van der Waals surface area contributed by atoms with Crippen LogP contribution in [-0.2, 0) is 4.79 Å². The molecule has 1 rings (SSSR count). The number of rotatable bonds is 8. The lowest BCUT2D eigenvalue weighted by Gasteiger charge is -2.35. The van der Waals surface area contributed by atoms with E-state index in [0.717, 1.165) is 39.1 Å². The Balaban J connectivity index is 0. The predicted molar refractivity (Wildman–Crippen MR) is 94.7 cm³/mol. The van der Waals surface area contributed by atoms with Gasteiger partial charge in [0.15, 0.2) is 0 Å². The van der Waals surface area contributed by atoms with Crippen LogP contribution in [-0.4, -0.2) is 49.6 Å². The second-order valence-corrected chi connectivity index (χ2v) is 5.83. The SMILES string of the molecule is CCCNCCNC(=O)C(C(C)C)N1CCCCC1.Cl.Cl. The second kappa shape index (κ2) is 13.6. The number of hydrogen-bond acceptors (Lipinski definition) is 3. The van der Waals surface area contributed by atoms with Crippen molar-refractivity contribution in [2.24, 2.45) is 5.92 Å². The molecule has 6 heteroatoms. The molecule has 21 heavy (non-hydrogen) atoms. The molecule has 1 amide bonds. The number of carbonyl (C=O) groups is 1. The van der Waals surface area contributed by atoms with Crippen LogP contribution < -0.4 is 10.6 Å². The van der Waals surface area contributed by atoms with E-state index in [1.807, 2.05) is 0 Å². The maximum absolute atomic E-state index is 12.3. The molecule has 1 aliphatic heterocycles. The molecule has 0 aliphatic carbocycles. The van der Waals surface area contributed by atoms with Gasteiger partial charge in [0, 0.05) is 13.1 Å². The Morgan fingerprint density at radius 2 is 1.67 bits per heavy atom. The van der Waals surface area contributed by atoms with Crippen molar-refractivity contribution in [1.29, 1.82) is 0 Å². The summed E-state index contributed by atoms with van der Waals surface area (Å²) in [6, 6.07) is 0.0477. The van der Waals surface area contributed by atoms with Gasteiger partial charge in [-0.3, -0.25) is 9.69 Å². The van der Waals surface area contributed by atoms with Gasteiger partial charge < -0.3 is 10.6 Å². The summed E-state index contributed by atoms with van der Waals surface area (Å²) in [5.74, 6) is 0.580. The van der Waals surface area contributed by atoms with Crippen molar-refractivity contribution in [3.8, 4) is 0 Å². The van der Waals surface area contributed by atoms with Gasteiger partial charge in [0.2, 0.25) is 5.91 Å². The van der Waals surface area contributed by atoms with Crippen LogP contribution in [0.4, 0.5) is 0 Å². The summed E-state index contributed by atoms with van der Waals surface area (Å²) in [4.78, 5) is 14.7. The fraction of sp³-hybridized carbons (Fsp3) is 0.933. The van der Waals surface area contributed by atoms with Gasteiger partial charge in [-0.15, -0.1) is 24.8 Å². The smallest absolute Gasteiger partial charge is 0.237 e. The highest BCUT2D eigenvalue weighted by Gasteiger charge is 2.29. The van der Waals surface area contributed by atoms with E-state index < -0.39 is 0 Å². The standard InChI is InChI=1S/C15H31N3O.2ClH/c1-4-8-16-9-10-17-15(19)14(13(2)3)18-11-6-5-7-12-18;;/h13-14,16H,4-12H2,1-3H3,(H,17,19);2*1H. The molecule has 1 atom stereocenters. The van der Waals surface area contributed by atoms with Gasteiger partial charge >= 0.3 is 0 Å². The molecule has 2 N–H and O–H groups in total. The van der Waals surface area contributed by atoms with Crippen molar-refractivity contribution in [1.82, 2.24) is 15.5 Å². The summed E-state index contributed by atoms with van der Waals surface area (Å²) in [7, 11) is 0. The minimum Gasteiger partial charge on any atom is -0.353 e. The third kappa shape index (κ3) is 8.87. The summed E-state index contributed by atoms with van der Waals surface area (Å²) < 4.78 is 0. The van der Waals surface area contributed by atoms with Crippen LogP contribution in [0.25, 0.3) is 0 Å². The van der Waals surface area contributed by atoms with Crippen molar-refractivity contribution >= 4 is 30.7 Å². The van der Waals surface area contributed by atoms with E-state index >= 15 is 0 Å². The van der Waals surface area contributed by atoms with E-state index in [1.54, 1.807) is 0 Å². The van der Waals surface area contributed by atoms with Gasteiger partial charge in [-0.1, -0.05) is 27.2 Å². The van der Waals surface area contributed by atoms with Crippen molar-refractivity contribution in [2.45, 2.75) is 52.5 Å². The number of likely N-dealkylation sites (tertiary alicyclic amines) is 1. The first kappa shape index (κ1) is 23.2.